The van der Waals surface area contributed by atoms with Crippen molar-refractivity contribution in [2.45, 2.75) is 59.0 Å². The number of fused-ring (bicyclic) bond motifs is 1. The molecule has 2 rings (SSSR count). The Morgan fingerprint density at radius 2 is 2.00 bits per heavy atom. The van der Waals surface area contributed by atoms with Gasteiger partial charge in [0.25, 0.3) is 0 Å². The molecule has 1 aliphatic heterocycles. The Kier molecular flexibility index (Phi) is 3.18. The molecule has 0 radical (unpaired) electrons. The quantitative estimate of drug-likeness (QED) is 0.789. The van der Waals surface area contributed by atoms with Crippen molar-refractivity contribution in [2.75, 3.05) is 5.32 Å². The molecule has 1 aliphatic rings. The first-order valence-corrected chi connectivity index (χ1v) is 6.83. The average Bonchev–Trinajstić information content (AvgIpc) is 2.15. The number of nitrogens with one attached hydrogen (secondary N) is 1. The van der Waals surface area contributed by atoms with E-state index >= 15 is 0 Å². The molecule has 0 aliphatic carbocycles. The molecule has 0 spiro atoms. The van der Waals surface area contributed by atoms with Gasteiger partial charge in [0.15, 0.2) is 0 Å². The Labute approximate surface area is 111 Å². The number of benzene rings is 1. The summed E-state index contributed by atoms with van der Waals surface area (Å²) in [6.07, 6.45) is 2.08. The van der Waals surface area contributed by atoms with Gasteiger partial charge in [-0.3, -0.25) is 0 Å². The van der Waals surface area contributed by atoms with Gasteiger partial charge in [-0.05, 0) is 49.3 Å². The SMILES string of the molecule is CC(C)(C)Cc1ccc2c(c1)[C@@H](N)CC(C)(C)N2. The summed E-state index contributed by atoms with van der Waals surface area (Å²) < 4.78 is 0. The van der Waals surface area contributed by atoms with Crippen LogP contribution in [0.5, 0.6) is 0 Å². The summed E-state index contributed by atoms with van der Waals surface area (Å²) in [6, 6.07) is 6.85. The van der Waals surface area contributed by atoms with Crippen LogP contribution in [0.2, 0.25) is 0 Å². The Balaban J connectivity index is 2.30. The second-order valence-electron chi connectivity index (χ2n) is 7.48. The van der Waals surface area contributed by atoms with Gasteiger partial charge in [-0.15, -0.1) is 0 Å². The molecule has 1 heterocycles. The van der Waals surface area contributed by atoms with Gasteiger partial charge >= 0.3 is 0 Å². The maximum atomic E-state index is 6.31. The minimum absolute atomic E-state index is 0.0952. The molecule has 1 aromatic carbocycles. The number of hydrogen-bond donors (Lipinski definition) is 2. The van der Waals surface area contributed by atoms with Crippen LogP contribution in [0.1, 0.15) is 58.2 Å². The lowest BCUT2D eigenvalue weighted by Crippen LogP contribution is -2.39. The number of rotatable bonds is 1. The van der Waals surface area contributed by atoms with Crippen molar-refractivity contribution in [1.29, 1.82) is 0 Å². The van der Waals surface area contributed by atoms with Crippen LogP contribution in [0, 0.1) is 5.41 Å². The fourth-order valence-electron chi connectivity index (χ4n) is 2.83. The summed E-state index contributed by atoms with van der Waals surface area (Å²) in [7, 11) is 0. The van der Waals surface area contributed by atoms with Crippen molar-refractivity contribution < 1.29 is 0 Å². The zero-order chi connectivity index (χ0) is 13.6. The molecule has 0 unspecified atom stereocenters. The Morgan fingerprint density at radius 3 is 2.61 bits per heavy atom. The molecule has 0 saturated carbocycles. The molecule has 0 bridgehead atoms. The predicted molar refractivity (Wildman–Crippen MR) is 78.8 cm³/mol. The lowest BCUT2D eigenvalue weighted by molar-refractivity contribution is 0.409. The largest absolute Gasteiger partial charge is 0.380 e. The summed E-state index contributed by atoms with van der Waals surface area (Å²) in [4.78, 5) is 0. The van der Waals surface area contributed by atoms with Crippen LogP contribution in [-0.2, 0) is 6.42 Å². The molecule has 100 valence electrons. The third kappa shape index (κ3) is 3.05. The Hall–Kier alpha value is -1.02. The highest BCUT2D eigenvalue weighted by atomic mass is 15.0. The van der Waals surface area contributed by atoms with Gasteiger partial charge in [0.05, 0.1) is 0 Å². The number of anilines is 1. The first-order valence-electron chi connectivity index (χ1n) is 6.83. The summed E-state index contributed by atoms with van der Waals surface area (Å²) in [5, 5.41) is 3.58. The van der Waals surface area contributed by atoms with Crippen molar-refractivity contribution in [3.63, 3.8) is 0 Å². The molecular formula is C16H26N2. The van der Waals surface area contributed by atoms with E-state index in [9.17, 15) is 0 Å². The van der Waals surface area contributed by atoms with Crippen molar-refractivity contribution in [2.24, 2.45) is 11.1 Å². The second-order valence-corrected chi connectivity index (χ2v) is 7.48. The smallest absolute Gasteiger partial charge is 0.0392 e. The Bertz CT molecular complexity index is 441. The van der Waals surface area contributed by atoms with Gasteiger partial charge in [-0.2, -0.15) is 0 Å². The highest BCUT2D eigenvalue weighted by Crippen LogP contribution is 2.37. The molecule has 0 aromatic heterocycles. The highest BCUT2D eigenvalue weighted by molar-refractivity contribution is 5.58. The first-order chi connectivity index (χ1) is 8.16. The summed E-state index contributed by atoms with van der Waals surface area (Å²) in [5.41, 5.74) is 10.6. The molecule has 0 amide bonds. The van der Waals surface area contributed by atoms with Crippen LogP contribution < -0.4 is 11.1 Å². The minimum Gasteiger partial charge on any atom is -0.380 e. The van der Waals surface area contributed by atoms with Crippen LogP contribution in [0.15, 0.2) is 18.2 Å². The van der Waals surface area contributed by atoms with E-state index in [-0.39, 0.29) is 11.6 Å². The van der Waals surface area contributed by atoms with E-state index < -0.39 is 0 Å². The fourth-order valence-corrected chi connectivity index (χ4v) is 2.83. The summed E-state index contributed by atoms with van der Waals surface area (Å²) in [5.74, 6) is 0. The maximum absolute atomic E-state index is 6.31. The topological polar surface area (TPSA) is 38.0 Å². The maximum Gasteiger partial charge on any atom is 0.0392 e. The van der Waals surface area contributed by atoms with E-state index in [4.69, 9.17) is 5.73 Å². The molecular weight excluding hydrogens is 220 g/mol. The van der Waals surface area contributed by atoms with E-state index in [1.807, 2.05) is 0 Å². The third-order valence-electron chi connectivity index (χ3n) is 3.45. The molecule has 0 fully saturated rings. The molecule has 18 heavy (non-hydrogen) atoms. The number of hydrogen-bond acceptors (Lipinski definition) is 2. The van der Waals surface area contributed by atoms with Crippen LogP contribution in [0.3, 0.4) is 0 Å². The zero-order valence-electron chi connectivity index (χ0n) is 12.3. The van der Waals surface area contributed by atoms with E-state index in [1.165, 1.54) is 16.8 Å². The van der Waals surface area contributed by atoms with Gasteiger partial charge in [0.2, 0.25) is 0 Å². The van der Waals surface area contributed by atoms with Crippen LogP contribution in [-0.4, -0.2) is 5.54 Å². The summed E-state index contributed by atoms with van der Waals surface area (Å²) in [6.45, 7) is 11.2. The highest BCUT2D eigenvalue weighted by Gasteiger charge is 2.29. The van der Waals surface area contributed by atoms with E-state index in [0.29, 0.717) is 5.41 Å². The molecule has 2 nitrogen and oxygen atoms in total. The second kappa shape index (κ2) is 4.27. The molecule has 1 atom stereocenters. The van der Waals surface area contributed by atoms with Crippen molar-refractivity contribution in [3.05, 3.63) is 29.3 Å². The standard InChI is InChI=1S/C16H26N2/c1-15(2,3)9-11-6-7-14-12(8-11)13(17)10-16(4,5)18-14/h6-8,13,18H,9-10,17H2,1-5H3/t13-/m0/s1. The van der Waals surface area contributed by atoms with E-state index in [0.717, 1.165) is 12.8 Å². The zero-order valence-corrected chi connectivity index (χ0v) is 12.3. The van der Waals surface area contributed by atoms with Gasteiger partial charge < -0.3 is 11.1 Å². The van der Waals surface area contributed by atoms with E-state index in [2.05, 4.69) is 58.1 Å². The lowest BCUT2D eigenvalue weighted by atomic mass is 9.83. The monoisotopic (exact) mass is 246 g/mol. The van der Waals surface area contributed by atoms with Gasteiger partial charge in [0.1, 0.15) is 0 Å². The minimum atomic E-state index is 0.0952. The first kappa shape index (κ1) is 13.4. The Morgan fingerprint density at radius 1 is 1.33 bits per heavy atom. The summed E-state index contributed by atoms with van der Waals surface area (Å²) >= 11 is 0. The molecule has 0 saturated heterocycles. The molecule has 2 heteroatoms. The van der Waals surface area contributed by atoms with Crippen LogP contribution in [0.4, 0.5) is 5.69 Å². The molecule has 1 aromatic rings. The normalized spacial score (nSPS) is 22.2. The molecule has 3 N–H and O–H groups in total. The van der Waals surface area contributed by atoms with Gasteiger partial charge in [-0.25, -0.2) is 0 Å². The van der Waals surface area contributed by atoms with Crippen LogP contribution in [0.25, 0.3) is 0 Å². The fraction of sp³-hybridized carbons (Fsp3) is 0.625. The van der Waals surface area contributed by atoms with E-state index in [1.54, 1.807) is 0 Å². The van der Waals surface area contributed by atoms with Gasteiger partial charge in [-0.1, -0.05) is 32.9 Å². The predicted octanol–water partition coefficient (Wildman–Crippen LogP) is 3.87. The lowest BCUT2D eigenvalue weighted by Gasteiger charge is -2.37. The number of nitrogens with two attached hydrogens (primary N) is 1. The third-order valence-corrected chi connectivity index (χ3v) is 3.45. The van der Waals surface area contributed by atoms with Crippen molar-refractivity contribution >= 4 is 5.69 Å². The van der Waals surface area contributed by atoms with Gasteiger partial charge in [0, 0.05) is 17.3 Å². The van der Waals surface area contributed by atoms with Crippen LogP contribution >= 0.6 is 0 Å². The average molecular weight is 246 g/mol. The van der Waals surface area contributed by atoms with Crippen molar-refractivity contribution in [3.8, 4) is 0 Å². The van der Waals surface area contributed by atoms with Crippen molar-refractivity contribution in [1.82, 2.24) is 0 Å².